The molecule has 100 valence electrons. The maximum atomic E-state index is 5.97. The molecule has 3 nitrogen and oxygen atoms in total. The van der Waals surface area contributed by atoms with Gasteiger partial charge in [0.2, 0.25) is 0 Å². The van der Waals surface area contributed by atoms with E-state index in [-0.39, 0.29) is 0 Å². The van der Waals surface area contributed by atoms with E-state index in [0.29, 0.717) is 12.6 Å². The zero-order valence-electron chi connectivity index (χ0n) is 11.3. The normalized spacial score (nSPS) is 18.1. The number of likely N-dealkylation sites (tertiary alicyclic amines) is 1. The van der Waals surface area contributed by atoms with Crippen LogP contribution in [0, 0.1) is 0 Å². The van der Waals surface area contributed by atoms with Crippen molar-refractivity contribution in [1.82, 2.24) is 4.90 Å². The van der Waals surface area contributed by atoms with E-state index in [2.05, 4.69) is 36.2 Å². The molecule has 18 heavy (non-hydrogen) atoms. The highest BCUT2D eigenvalue weighted by molar-refractivity contribution is 5.22. The van der Waals surface area contributed by atoms with Crippen LogP contribution in [-0.2, 0) is 17.8 Å². The smallest absolute Gasteiger partial charge is 0.0720 e. The van der Waals surface area contributed by atoms with Crippen molar-refractivity contribution in [3.63, 3.8) is 0 Å². The summed E-state index contributed by atoms with van der Waals surface area (Å²) in [5.41, 5.74) is 8.10. The predicted molar refractivity (Wildman–Crippen MR) is 74.5 cm³/mol. The first-order valence-corrected chi connectivity index (χ1v) is 6.86. The van der Waals surface area contributed by atoms with E-state index in [1.807, 2.05) is 0 Å². The Morgan fingerprint density at radius 2 is 1.78 bits per heavy atom. The number of nitrogens with zero attached hydrogens (tertiary/aromatic N) is 1. The molecular weight excluding hydrogens is 224 g/mol. The SMILES string of the molecule is CN1CCC(OCc2ccc(CCN)cc2)CC1. The van der Waals surface area contributed by atoms with Crippen LogP contribution in [0.2, 0.25) is 0 Å². The largest absolute Gasteiger partial charge is 0.373 e. The molecule has 3 heteroatoms. The van der Waals surface area contributed by atoms with Crippen LogP contribution >= 0.6 is 0 Å². The van der Waals surface area contributed by atoms with Crippen molar-refractivity contribution >= 4 is 0 Å². The van der Waals surface area contributed by atoms with Gasteiger partial charge in [-0.3, -0.25) is 0 Å². The van der Waals surface area contributed by atoms with Crippen LogP contribution in [0.5, 0.6) is 0 Å². The maximum absolute atomic E-state index is 5.97. The van der Waals surface area contributed by atoms with Crippen molar-refractivity contribution in [2.75, 3.05) is 26.7 Å². The summed E-state index contributed by atoms with van der Waals surface area (Å²) in [5.74, 6) is 0. The summed E-state index contributed by atoms with van der Waals surface area (Å²) >= 11 is 0. The van der Waals surface area contributed by atoms with Crippen LogP contribution in [0.1, 0.15) is 24.0 Å². The van der Waals surface area contributed by atoms with E-state index in [1.165, 1.54) is 11.1 Å². The Morgan fingerprint density at radius 1 is 1.17 bits per heavy atom. The van der Waals surface area contributed by atoms with E-state index in [4.69, 9.17) is 10.5 Å². The summed E-state index contributed by atoms with van der Waals surface area (Å²) < 4.78 is 5.97. The Kier molecular flexibility index (Phi) is 5.17. The Hall–Kier alpha value is -0.900. The summed E-state index contributed by atoms with van der Waals surface area (Å²) in [6.45, 7) is 3.75. The lowest BCUT2D eigenvalue weighted by Gasteiger charge is -2.28. The summed E-state index contributed by atoms with van der Waals surface area (Å²) in [7, 11) is 2.17. The molecule has 1 aromatic carbocycles. The van der Waals surface area contributed by atoms with E-state index < -0.39 is 0 Å². The van der Waals surface area contributed by atoms with E-state index >= 15 is 0 Å². The highest BCUT2D eigenvalue weighted by Gasteiger charge is 2.16. The number of rotatable bonds is 5. The van der Waals surface area contributed by atoms with Crippen molar-refractivity contribution in [2.24, 2.45) is 5.73 Å². The minimum absolute atomic E-state index is 0.435. The van der Waals surface area contributed by atoms with Crippen molar-refractivity contribution in [1.29, 1.82) is 0 Å². The van der Waals surface area contributed by atoms with Gasteiger partial charge in [-0.2, -0.15) is 0 Å². The molecule has 1 heterocycles. The predicted octanol–water partition coefficient (Wildman–Crippen LogP) is 1.80. The lowest BCUT2D eigenvalue weighted by Crippen LogP contribution is -2.34. The molecule has 0 atom stereocenters. The zero-order chi connectivity index (χ0) is 12.8. The van der Waals surface area contributed by atoms with Crippen LogP contribution < -0.4 is 5.73 Å². The second-order valence-corrected chi connectivity index (χ2v) is 5.17. The van der Waals surface area contributed by atoms with Gasteiger partial charge in [-0.1, -0.05) is 24.3 Å². The number of piperidine rings is 1. The minimum Gasteiger partial charge on any atom is -0.373 e. The van der Waals surface area contributed by atoms with Crippen LogP contribution in [0.15, 0.2) is 24.3 Å². The number of nitrogens with two attached hydrogens (primary N) is 1. The summed E-state index contributed by atoms with van der Waals surface area (Å²) in [6.07, 6.45) is 3.70. The lowest BCUT2D eigenvalue weighted by molar-refractivity contribution is 0.00213. The van der Waals surface area contributed by atoms with Crippen LogP contribution in [0.3, 0.4) is 0 Å². The molecule has 0 aliphatic carbocycles. The first-order chi connectivity index (χ1) is 8.78. The average Bonchev–Trinajstić information content (AvgIpc) is 2.40. The standard InChI is InChI=1S/C15H24N2O/c1-17-10-7-15(8-11-17)18-12-14-4-2-13(3-5-14)6-9-16/h2-5,15H,6-12,16H2,1H3. The fourth-order valence-electron chi connectivity index (χ4n) is 2.33. The van der Waals surface area contributed by atoms with Gasteiger partial charge >= 0.3 is 0 Å². The van der Waals surface area contributed by atoms with Crippen molar-refractivity contribution < 1.29 is 4.74 Å². The van der Waals surface area contributed by atoms with Gasteiger partial charge in [0.15, 0.2) is 0 Å². The number of ether oxygens (including phenoxy) is 1. The molecule has 0 radical (unpaired) electrons. The molecule has 2 rings (SSSR count). The fourth-order valence-corrected chi connectivity index (χ4v) is 2.33. The van der Waals surface area contributed by atoms with Crippen molar-refractivity contribution in [2.45, 2.75) is 32.0 Å². The average molecular weight is 248 g/mol. The molecule has 1 aliphatic heterocycles. The molecule has 2 N–H and O–H groups in total. The summed E-state index contributed by atoms with van der Waals surface area (Å²) in [4.78, 5) is 2.36. The van der Waals surface area contributed by atoms with Crippen LogP contribution in [0.25, 0.3) is 0 Å². The van der Waals surface area contributed by atoms with E-state index in [1.54, 1.807) is 0 Å². The summed E-state index contributed by atoms with van der Waals surface area (Å²) in [6, 6.07) is 8.61. The lowest BCUT2D eigenvalue weighted by atomic mass is 10.1. The van der Waals surface area contributed by atoms with Gasteiger partial charge in [0.05, 0.1) is 12.7 Å². The van der Waals surface area contributed by atoms with Gasteiger partial charge in [-0.15, -0.1) is 0 Å². The fraction of sp³-hybridized carbons (Fsp3) is 0.600. The summed E-state index contributed by atoms with van der Waals surface area (Å²) in [5, 5.41) is 0. The minimum atomic E-state index is 0.435. The highest BCUT2D eigenvalue weighted by Crippen LogP contribution is 2.15. The van der Waals surface area contributed by atoms with Gasteiger partial charge < -0.3 is 15.4 Å². The third-order valence-corrected chi connectivity index (χ3v) is 3.61. The van der Waals surface area contributed by atoms with Crippen LogP contribution in [0.4, 0.5) is 0 Å². The molecule has 1 aliphatic rings. The monoisotopic (exact) mass is 248 g/mol. The quantitative estimate of drug-likeness (QED) is 0.863. The molecule has 0 spiro atoms. The Bertz CT molecular complexity index is 342. The molecule has 1 fully saturated rings. The van der Waals surface area contributed by atoms with Gasteiger partial charge in [0.1, 0.15) is 0 Å². The van der Waals surface area contributed by atoms with E-state index in [0.717, 1.165) is 39.0 Å². The molecular formula is C15H24N2O. The Balaban J connectivity index is 1.76. The highest BCUT2D eigenvalue weighted by atomic mass is 16.5. The van der Waals surface area contributed by atoms with Gasteiger partial charge in [-0.05, 0) is 44.0 Å². The van der Waals surface area contributed by atoms with Crippen molar-refractivity contribution in [3.8, 4) is 0 Å². The van der Waals surface area contributed by atoms with Crippen LogP contribution in [-0.4, -0.2) is 37.7 Å². The molecule has 0 aromatic heterocycles. The maximum Gasteiger partial charge on any atom is 0.0720 e. The third kappa shape index (κ3) is 4.09. The number of hydrogen-bond acceptors (Lipinski definition) is 3. The number of benzene rings is 1. The zero-order valence-corrected chi connectivity index (χ0v) is 11.3. The second kappa shape index (κ2) is 6.88. The molecule has 0 saturated carbocycles. The second-order valence-electron chi connectivity index (χ2n) is 5.17. The molecule has 0 unspecified atom stereocenters. The van der Waals surface area contributed by atoms with Crippen molar-refractivity contribution in [3.05, 3.63) is 35.4 Å². The van der Waals surface area contributed by atoms with Gasteiger partial charge in [0.25, 0.3) is 0 Å². The third-order valence-electron chi connectivity index (χ3n) is 3.61. The first kappa shape index (κ1) is 13.5. The molecule has 0 amide bonds. The Labute approximate surface area is 110 Å². The molecule has 1 aromatic rings. The Morgan fingerprint density at radius 3 is 2.39 bits per heavy atom. The molecule has 0 bridgehead atoms. The number of hydrogen-bond donors (Lipinski definition) is 1. The topological polar surface area (TPSA) is 38.5 Å². The van der Waals surface area contributed by atoms with E-state index in [9.17, 15) is 0 Å². The van der Waals surface area contributed by atoms with Gasteiger partial charge in [0, 0.05) is 13.1 Å². The molecule has 1 saturated heterocycles. The first-order valence-electron chi connectivity index (χ1n) is 6.86. The van der Waals surface area contributed by atoms with Gasteiger partial charge in [-0.25, -0.2) is 0 Å².